The molecule has 0 saturated carbocycles. The van der Waals surface area contributed by atoms with E-state index in [0.29, 0.717) is 0 Å². The minimum atomic E-state index is -4.64. The molecule has 1 saturated heterocycles. The van der Waals surface area contributed by atoms with Gasteiger partial charge in [-0.3, -0.25) is 5.01 Å². The van der Waals surface area contributed by atoms with Gasteiger partial charge in [0.1, 0.15) is 5.82 Å². The first-order valence-electron chi connectivity index (χ1n) is 6.25. The first-order valence-corrected chi connectivity index (χ1v) is 7.82. The average molecular weight is 319 g/mol. The number of rotatable bonds is 2. The molecule has 1 aliphatic heterocycles. The zero-order valence-electron chi connectivity index (χ0n) is 11.6. The van der Waals surface area contributed by atoms with Gasteiger partial charge < -0.3 is 19.6 Å². The molecule has 3 N–H and O–H groups in total. The van der Waals surface area contributed by atoms with Crippen LogP contribution >= 0.6 is 7.82 Å². The van der Waals surface area contributed by atoms with Crippen LogP contribution in [0.2, 0.25) is 0 Å². The Kier molecular flexibility index (Phi) is 6.94. The molecular weight excluding hydrogens is 300 g/mol. The molecule has 0 bridgehead atoms. The summed E-state index contributed by atoms with van der Waals surface area (Å²) in [6.07, 6.45) is 1.78. The van der Waals surface area contributed by atoms with Crippen molar-refractivity contribution in [2.75, 3.05) is 33.2 Å². The van der Waals surface area contributed by atoms with Gasteiger partial charge in [0.25, 0.3) is 0 Å². The van der Waals surface area contributed by atoms with E-state index in [1.807, 2.05) is 5.01 Å². The van der Waals surface area contributed by atoms with E-state index in [1.165, 1.54) is 12.1 Å². The lowest BCUT2D eigenvalue weighted by molar-refractivity contribution is 0.159. The topological polar surface area (TPSA) is 96.6 Å². The van der Waals surface area contributed by atoms with Gasteiger partial charge in [-0.15, -0.1) is 0 Å². The summed E-state index contributed by atoms with van der Waals surface area (Å²) in [5.41, 5.74) is 0.931. The normalized spacial score (nSPS) is 16.7. The third-order valence-electron chi connectivity index (χ3n) is 2.72. The summed E-state index contributed by atoms with van der Waals surface area (Å²) >= 11 is 0. The standard InChI is InChI=1S/C12H16FN3.H3O4P/c1-15-6-8-16(9-7-15)14-10-11-2-4-12(13)5-3-11;1-5(2,3)4/h2-5,10H,6-9H2,1H3;(H3,1,2,3,4)/b14-10+;. The van der Waals surface area contributed by atoms with Gasteiger partial charge in [0.15, 0.2) is 0 Å². The zero-order valence-corrected chi connectivity index (χ0v) is 12.5. The summed E-state index contributed by atoms with van der Waals surface area (Å²) in [7, 11) is -2.53. The van der Waals surface area contributed by atoms with Gasteiger partial charge in [-0.05, 0) is 24.7 Å². The lowest BCUT2D eigenvalue weighted by atomic mass is 10.2. The van der Waals surface area contributed by atoms with Crippen LogP contribution in [-0.4, -0.2) is 64.0 Å². The first-order chi connectivity index (χ1) is 9.74. The van der Waals surface area contributed by atoms with Crippen molar-refractivity contribution in [1.29, 1.82) is 0 Å². The maximum atomic E-state index is 12.7. The quantitative estimate of drug-likeness (QED) is 0.542. The molecule has 0 radical (unpaired) electrons. The van der Waals surface area contributed by atoms with Crippen LogP contribution in [0.3, 0.4) is 0 Å². The second-order valence-electron chi connectivity index (χ2n) is 4.57. The number of benzene rings is 1. The van der Waals surface area contributed by atoms with Crippen molar-refractivity contribution in [2.45, 2.75) is 0 Å². The van der Waals surface area contributed by atoms with Crippen LogP contribution in [0.15, 0.2) is 29.4 Å². The van der Waals surface area contributed by atoms with E-state index in [-0.39, 0.29) is 5.82 Å². The Labute approximate surface area is 122 Å². The van der Waals surface area contributed by atoms with Crippen molar-refractivity contribution >= 4 is 14.0 Å². The predicted molar refractivity (Wildman–Crippen MR) is 77.3 cm³/mol. The van der Waals surface area contributed by atoms with Crippen LogP contribution in [0, 0.1) is 5.82 Å². The molecule has 2 rings (SSSR count). The maximum Gasteiger partial charge on any atom is 0.466 e. The fourth-order valence-electron chi connectivity index (χ4n) is 1.61. The number of piperazine rings is 1. The summed E-state index contributed by atoms with van der Waals surface area (Å²) in [5, 5.41) is 6.42. The Balaban J connectivity index is 0.000000383. The van der Waals surface area contributed by atoms with Crippen molar-refractivity contribution < 1.29 is 23.6 Å². The molecular formula is C12H19FN3O4P. The molecule has 1 aromatic rings. The minimum Gasteiger partial charge on any atom is -0.303 e. The number of hydrogen-bond donors (Lipinski definition) is 3. The molecule has 0 unspecified atom stereocenters. The SMILES string of the molecule is CN1CCN(/N=C/c2ccc(F)cc2)CC1.O=P(O)(O)O. The van der Waals surface area contributed by atoms with Crippen LogP contribution in [0.5, 0.6) is 0 Å². The van der Waals surface area contributed by atoms with Crippen molar-refractivity contribution in [3.05, 3.63) is 35.6 Å². The third kappa shape index (κ3) is 9.28. The predicted octanol–water partition coefficient (Wildman–Crippen LogP) is 0.478. The molecule has 1 fully saturated rings. The van der Waals surface area contributed by atoms with Crippen LogP contribution in [0.25, 0.3) is 0 Å². The van der Waals surface area contributed by atoms with Crippen molar-refractivity contribution in [3.8, 4) is 0 Å². The van der Waals surface area contributed by atoms with Crippen molar-refractivity contribution in [3.63, 3.8) is 0 Å². The highest BCUT2D eigenvalue weighted by Gasteiger charge is 2.10. The Morgan fingerprint density at radius 2 is 1.62 bits per heavy atom. The van der Waals surface area contributed by atoms with Gasteiger partial charge in [0.05, 0.1) is 6.21 Å². The van der Waals surface area contributed by atoms with E-state index >= 15 is 0 Å². The van der Waals surface area contributed by atoms with Crippen molar-refractivity contribution in [1.82, 2.24) is 9.91 Å². The van der Waals surface area contributed by atoms with Gasteiger partial charge in [-0.2, -0.15) is 5.10 Å². The monoisotopic (exact) mass is 319 g/mol. The number of phosphoric acid groups is 1. The Bertz CT molecular complexity index is 489. The number of likely N-dealkylation sites (N-methyl/N-ethyl adjacent to an activating group) is 1. The fraction of sp³-hybridized carbons (Fsp3) is 0.417. The summed E-state index contributed by atoms with van der Waals surface area (Å²) < 4.78 is 21.5. The van der Waals surface area contributed by atoms with Gasteiger partial charge in [-0.25, -0.2) is 8.96 Å². The average Bonchev–Trinajstić information content (AvgIpc) is 2.38. The molecule has 0 atom stereocenters. The van der Waals surface area contributed by atoms with Crippen LogP contribution in [0.1, 0.15) is 5.56 Å². The summed E-state index contributed by atoms with van der Waals surface area (Å²) in [5.74, 6) is -0.211. The Hall–Kier alpha value is -1.31. The van der Waals surface area contributed by atoms with E-state index in [9.17, 15) is 4.39 Å². The molecule has 1 heterocycles. The largest absolute Gasteiger partial charge is 0.466 e. The van der Waals surface area contributed by atoms with Gasteiger partial charge in [0, 0.05) is 26.2 Å². The van der Waals surface area contributed by atoms with Crippen molar-refractivity contribution in [2.24, 2.45) is 5.10 Å². The molecule has 0 spiro atoms. The highest BCUT2D eigenvalue weighted by atomic mass is 31.2. The van der Waals surface area contributed by atoms with Gasteiger partial charge in [-0.1, -0.05) is 12.1 Å². The molecule has 118 valence electrons. The first kappa shape index (κ1) is 17.7. The molecule has 0 aliphatic carbocycles. The summed E-state index contributed by atoms with van der Waals surface area (Å²) in [4.78, 5) is 23.8. The Morgan fingerprint density at radius 3 is 2.10 bits per heavy atom. The number of halogens is 1. The van der Waals surface area contributed by atoms with Crippen LogP contribution in [0.4, 0.5) is 4.39 Å². The highest BCUT2D eigenvalue weighted by Crippen LogP contribution is 2.25. The van der Waals surface area contributed by atoms with E-state index in [1.54, 1.807) is 18.3 Å². The molecule has 21 heavy (non-hydrogen) atoms. The lowest BCUT2D eigenvalue weighted by Crippen LogP contribution is -2.41. The maximum absolute atomic E-state index is 12.7. The van der Waals surface area contributed by atoms with Crippen LogP contribution < -0.4 is 0 Å². The number of nitrogens with zero attached hydrogens (tertiary/aromatic N) is 3. The summed E-state index contributed by atoms with van der Waals surface area (Å²) in [6, 6.07) is 6.36. The molecule has 1 aliphatic rings. The lowest BCUT2D eigenvalue weighted by Gasteiger charge is -2.30. The molecule has 0 amide bonds. The molecule has 0 aromatic heterocycles. The highest BCUT2D eigenvalue weighted by molar-refractivity contribution is 7.45. The smallest absolute Gasteiger partial charge is 0.303 e. The fourth-order valence-corrected chi connectivity index (χ4v) is 1.61. The molecule has 7 nitrogen and oxygen atoms in total. The van der Waals surface area contributed by atoms with E-state index in [2.05, 4.69) is 17.0 Å². The molecule has 9 heteroatoms. The summed E-state index contributed by atoms with van der Waals surface area (Å²) in [6.45, 7) is 3.99. The van der Waals surface area contributed by atoms with Gasteiger partial charge >= 0.3 is 7.82 Å². The second kappa shape index (κ2) is 8.21. The van der Waals surface area contributed by atoms with Gasteiger partial charge in [0.2, 0.25) is 0 Å². The Morgan fingerprint density at radius 1 is 1.14 bits per heavy atom. The van der Waals surface area contributed by atoms with E-state index < -0.39 is 7.82 Å². The van der Waals surface area contributed by atoms with E-state index in [4.69, 9.17) is 19.2 Å². The number of hydrogen-bond acceptors (Lipinski definition) is 4. The molecule has 1 aromatic carbocycles. The van der Waals surface area contributed by atoms with Crippen LogP contribution in [-0.2, 0) is 4.57 Å². The second-order valence-corrected chi connectivity index (χ2v) is 5.59. The number of hydrazone groups is 1. The zero-order chi connectivity index (χ0) is 15.9. The minimum absolute atomic E-state index is 0.211. The third-order valence-corrected chi connectivity index (χ3v) is 2.72. The van der Waals surface area contributed by atoms with E-state index in [0.717, 1.165) is 31.7 Å².